The number of nitrogens with one attached hydrogen (secondary N) is 1. The van der Waals surface area contributed by atoms with Gasteiger partial charge >= 0.3 is 0 Å². The minimum atomic E-state index is -1.15. The maximum absolute atomic E-state index is 13.3. The number of carbonyl (C=O) groups excluding carboxylic acids is 1. The van der Waals surface area contributed by atoms with E-state index in [9.17, 15) is 14.3 Å². The van der Waals surface area contributed by atoms with Crippen LogP contribution in [0.3, 0.4) is 0 Å². The fraction of sp³-hybridized carbons (Fsp3) is 0.267. The van der Waals surface area contributed by atoms with E-state index in [0.29, 0.717) is 0 Å². The summed E-state index contributed by atoms with van der Waals surface area (Å²) in [6, 6.07) is 5.67. The summed E-state index contributed by atoms with van der Waals surface area (Å²) in [5, 5.41) is 16.6. The molecule has 0 saturated carbocycles. The van der Waals surface area contributed by atoms with E-state index in [-0.39, 0.29) is 17.9 Å². The van der Waals surface area contributed by atoms with Gasteiger partial charge in [-0.1, -0.05) is 0 Å². The van der Waals surface area contributed by atoms with Crippen molar-refractivity contribution in [2.45, 2.75) is 12.5 Å². The fourth-order valence-corrected chi connectivity index (χ4v) is 2.61. The van der Waals surface area contributed by atoms with E-state index in [0.717, 1.165) is 5.56 Å². The van der Waals surface area contributed by atoms with Gasteiger partial charge in [0.15, 0.2) is 11.6 Å². The molecule has 0 aliphatic heterocycles. The third kappa shape index (κ3) is 3.59. The first-order valence-corrected chi connectivity index (χ1v) is 7.25. The SMILES string of the molecule is COc1cc(C(=O)NCC(C)(O)c2ccsc2)ccc1F. The van der Waals surface area contributed by atoms with E-state index < -0.39 is 17.3 Å². The molecule has 6 heteroatoms. The molecule has 1 aromatic carbocycles. The molecule has 0 spiro atoms. The minimum absolute atomic E-state index is 0.00671. The summed E-state index contributed by atoms with van der Waals surface area (Å²) in [5.41, 5.74) is -0.140. The molecule has 1 aromatic heterocycles. The van der Waals surface area contributed by atoms with Crippen LogP contribution in [0.15, 0.2) is 35.0 Å². The van der Waals surface area contributed by atoms with Gasteiger partial charge < -0.3 is 15.2 Å². The van der Waals surface area contributed by atoms with Gasteiger partial charge in [0, 0.05) is 5.56 Å². The van der Waals surface area contributed by atoms with Crippen LogP contribution in [0, 0.1) is 5.82 Å². The molecule has 1 unspecified atom stereocenters. The van der Waals surface area contributed by atoms with Gasteiger partial charge in [0.2, 0.25) is 0 Å². The second-order valence-corrected chi connectivity index (χ2v) is 5.60. The molecule has 0 saturated heterocycles. The lowest BCUT2D eigenvalue weighted by atomic mass is 9.99. The summed E-state index contributed by atoms with van der Waals surface area (Å²) in [4.78, 5) is 12.0. The summed E-state index contributed by atoms with van der Waals surface area (Å²) in [6.07, 6.45) is 0. The van der Waals surface area contributed by atoms with Gasteiger partial charge in [-0.05, 0) is 47.5 Å². The number of hydrogen-bond donors (Lipinski definition) is 2. The molecule has 0 bridgehead atoms. The van der Waals surface area contributed by atoms with Crippen molar-refractivity contribution in [1.82, 2.24) is 5.32 Å². The number of ether oxygens (including phenoxy) is 1. The molecule has 2 N–H and O–H groups in total. The number of benzene rings is 1. The Bertz CT molecular complexity index is 626. The zero-order valence-electron chi connectivity index (χ0n) is 11.7. The molecule has 1 amide bonds. The fourth-order valence-electron chi connectivity index (χ4n) is 1.83. The van der Waals surface area contributed by atoms with Gasteiger partial charge in [0.25, 0.3) is 5.91 Å². The van der Waals surface area contributed by atoms with Crippen molar-refractivity contribution < 1.29 is 19.0 Å². The number of methoxy groups -OCH3 is 1. The van der Waals surface area contributed by atoms with Crippen LogP contribution in [0.4, 0.5) is 4.39 Å². The summed E-state index contributed by atoms with van der Waals surface area (Å²) in [7, 11) is 1.33. The topological polar surface area (TPSA) is 58.6 Å². The Morgan fingerprint density at radius 1 is 1.48 bits per heavy atom. The van der Waals surface area contributed by atoms with E-state index in [1.165, 1.54) is 36.6 Å². The lowest BCUT2D eigenvalue weighted by molar-refractivity contribution is 0.0530. The maximum Gasteiger partial charge on any atom is 0.251 e. The van der Waals surface area contributed by atoms with E-state index in [2.05, 4.69) is 5.32 Å². The predicted octanol–water partition coefficient (Wildman–Crippen LogP) is 2.53. The standard InChI is InChI=1S/C15H16FNO3S/c1-15(19,11-5-6-21-8-11)9-17-14(18)10-3-4-12(16)13(7-10)20-2/h3-8,19H,9H2,1-2H3,(H,17,18). The smallest absolute Gasteiger partial charge is 0.251 e. The predicted molar refractivity (Wildman–Crippen MR) is 79.2 cm³/mol. The third-order valence-electron chi connectivity index (χ3n) is 3.15. The number of halogens is 1. The van der Waals surface area contributed by atoms with Gasteiger partial charge in [-0.15, -0.1) is 0 Å². The Labute approximate surface area is 126 Å². The first kappa shape index (κ1) is 15.5. The van der Waals surface area contributed by atoms with E-state index in [1.807, 2.05) is 10.8 Å². The van der Waals surface area contributed by atoms with E-state index in [4.69, 9.17) is 4.74 Å². The van der Waals surface area contributed by atoms with Crippen LogP contribution in [0.25, 0.3) is 0 Å². The van der Waals surface area contributed by atoms with Gasteiger partial charge in [-0.3, -0.25) is 4.79 Å². The summed E-state index contributed by atoms with van der Waals surface area (Å²) < 4.78 is 18.1. The van der Waals surface area contributed by atoms with Crippen LogP contribution < -0.4 is 10.1 Å². The van der Waals surface area contributed by atoms with Crippen LogP contribution >= 0.6 is 11.3 Å². The highest BCUT2D eigenvalue weighted by Gasteiger charge is 2.24. The number of carbonyl (C=O) groups is 1. The Kier molecular flexibility index (Phi) is 4.59. The molecule has 1 atom stereocenters. The summed E-state index contributed by atoms with van der Waals surface area (Å²) >= 11 is 1.47. The van der Waals surface area contributed by atoms with Crippen molar-refractivity contribution in [3.8, 4) is 5.75 Å². The molecular weight excluding hydrogens is 293 g/mol. The van der Waals surface area contributed by atoms with Crippen molar-refractivity contribution in [1.29, 1.82) is 0 Å². The Balaban J connectivity index is 2.05. The molecule has 2 rings (SSSR count). The molecule has 0 radical (unpaired) electrons. The quantitative estimate of drug-likeness (QED) is 0.892. The second kappa shape index (κ2) is 6.24. The molecule has 2 aromatic rings. The zero-order valence-corrected chi connectivity index (χ0v) is 12.5. The van der Waals surface area contributed by atoms with Crippen molar-refractivity contribution >= 4 is 17.2 Å². The molecule has 0 fully saturated rings. The zero-order chi connectivity index (χ0) is 15.5. The van der Waals surface area contributed by atoms with Crippen LogP contribution in [-0.4, -0.2) is 24.7 Å². The van der Waals surface area contributed by atoms with Crippen molar-refractivity contribution in [3.63, 3.8) is 0 Å². The highest BCUT2D eigenvalue weighted by molar-refractivity contribution is 7.08. The number of rotatable bonds is 5. The lowest BCUT2D eigenvalue weighted by Gasteiger charge is -2.22. The highest BCUT2D eigenvalue weighted by Crippen LogP contribution is 2.22. The summed E-state index contributed by atoms with van der Waals surface area (Å²) in [6.45, 7) is 1.68. The monoisotopic (exact) mass is 309 g/mol. The van der Waals surface area contributed by atoms with E-state index >= 15 is 0 Å². The third-order valence-corrected chi connectivity index (χ3v) is 3.83. The Morgan fingerprint density at radius 3 is 2.86 bits per heavy atom. The van der Waals surface area contributed by atoms with Gasteiger partial charge in [0.1, 0.15) is 5.60 Å². The first-order valence-electron chi connectivity index (χ1n) is 6.31. The van der Waals surface area contributed by atoms with Crippen molar-refractivity contribution in [2.24, 2.45) is 0 Å². The van der Waals surface area contributed by atoms with Gasteiger partial charge in [-0.25, -0.2) is 4.39 Å². The van der Waals surface area contributed by atoms with Crippen molar-refractivity contribution in [3.05, 3.63) is 52.0 Å². The Morgan fingerprint density at radius 2 is 2.24 bits per heavy atom. The number of aliphatic hydroxyl groups is 1. The first-order chi connectivity index (χ1) is 9.94. The molecule has 0 aliphatic carbocycles. The largest absolute Gasteiger partial charge is 0.494 e. The molecule has 1 heterocycles. The van der Waals surface area contributed by atoms with Crippen molar-refractivity contribution in [2.75, 3.05) is 13.7 Å². The molecule has 112 valence electrons. The maximum atomic E-state index is 13.3. The number of hydrogen-bond acceptors (Lipinski definition) is 4. The average Bonchev–Trinajstić information content (AvgIpc) is 3.00. The van der Waals surface area contributed by atoms with Crippen LogP contribution in [-0.2, 0) is 5.60 Å². The normalized spacial score (nSPS) is 13.5. The molecule has 21 heavy (non-hydrogen) atoms. The molecular formula is C15H16FNO3S. The molecule has 0 aliphatic rings. The van der Waals surface area contributed by atoms with E-state index in [1.54, 1.807) is 13.0 Å². The Hall–Kier alpha value is -1.92. The van der Waals surface area contributed by atoms with Crippen LogP contribution in [0.5, 0.6) is 5.75 Å². The molecule has 4 nitrogen and oxygen atoms in total. The van der Waals surface area contributed by atoms with Crippen LogP contribution in [0.2, 0.25) is 0 Å². The average molecular weight is 309 g/mol. The highest BCUT2D eigenvalue weighted by atomic mass is 32.1. The minimum Gasteiger partial charge on any atom is -0.494 e. The van der Waals surface area contributed by atoms with Crippen LogP contribution in [0.1, 0.15) is 22.8 Å². The number of amides is 1. The summed E-state index contributed by atoms with van der Waals surface area (Å²) in [5.74, 6) is -0.921. The van der Waals surface area contributed by atoms with Gasteiger partial charge in [0.05, 0.1) is 13.7 Å². The lowest BCUT2D eigenvalue weighted by Crippen LogP contribution is -2.38. The van der Waals surface area contributed by atoms with Gasteiger partial charge in [-0.2, -0.15) is 11.3 Å². The second-order valence-electron chi connectivity index (χ2n) is 4.82. The number of thiophene rings is 1.